The SMILES string of the molecule is CCOC(=O)c1c(-c2cc(-c3c(F)cccc3Cl)no2)cnn1-c1ccc(Cl)cc1Cl. The molecule has 4 rings (SSSR count). The van der Waals surface area contributed by atoms with E-state index in [0.717, 1.165) is 0 Å². The van der Waals surface area contributed by atoms with E-state index in [9.17, 15) is 9.18 Å². The van der Waals surface area contributed by atoms with Gasteiger partial charge in [0.05, 0.1) is 39.7 Å². The second-order valence-corrected chi connectivity index (χ2v) is 7.56. The number of rotatable bonds is 5. The molecular formula is C21H13Cl3FN3O3. The van der Waals surface area contributed by atoms with E-state index in [2.05, 4.69) is 10.3 Å². The van der Waals surface area contributed by atoms with Crippen LogP contribution >= 0.6 is 34.8 Å². The number of esters is 1. The number of carbonyl (C=O) groups is 1. The monoisotopic (exact) mass is 479 g/mol. The van der Waals surface area contributed by atoms with Gasteiger partial charge in [-0.3, -0.25) is 0 Å². The van der Waals surface area contributed by atoms with E-state index in [1.165, 1.54) is 35.1 Å². The predicted octanol–water partition coefficient (Wildman–Crippen LogP) is 6.47. The molecule has 0 amide bonds. The van der Waals surface area contributed by atoms with E-state index in [1.807, 2.05) is 0 Å². The summed E-state index contributed by atoms with van der Waals surface area (Å²) >= 11 is 18.4. The molecule has 0 radical (unpaired) electrons. The van der Waals surface area contributed by atoms with Gasteiger partial charge in [-0.1, -0.05) is 46.0 Å². The number of hydrogen-bond acceptors (Lipinski definition) is 5. The van der Waals surface area contributed by atoms with Crippen molar-refractivity contribution >= 4 is 40.8 Å². The van der Waals surface area contributed by atoms with Gasteiger partial charge in [0.2, 0.25) is 0 Å². The first-order chi connectivity index (χ1) is 14.9. The minimum atomic E-state index is -0.650. The topological polar surface area (TPSA) is 70.2 Å². The zero-order valence-electron chi connectivity index (χ0n) is 15.9. The molecule has 6 nitrogen and oxygen atoms in total. The highest BCUT2D eigenvalue weighted by Crippen LogP contribution is 2.35. The summed E-state index contributed by atoms with van der Waals surface area (Å²) in [6.07, 6.45) is 1.41. The molecule has 0 N–H and O–H groups in total. The van der Waals surface area contributed by atoms with E-state index >= 15 is 0 Å². The molecular weight excluding hydrogens is 468 g/mol. The maximum Gasteiger partial charge on any atom is 0.357 e. The third-order valence-electron chi connectivity index (χ3n) is 4.37. The molecule has 2 aromatic heterocycles. The van der Waals surface area contributed by atoms with Gasteiger partial charge in [0.15, 0.2) is 11.5 Å². The lowest BCUT2D eigenvalue weighted by Gasteiger charge is -2.10. The predicted molar refractivity (Wildman–Crippen MR) is 115 cm³/mol. The Morgan fingerprint density at radius 2 is 1.97 bits per heavy atom. The van der Waals surface area contributed by atoms with E-state index in [4.69, 9.17) is 44.1 Å². The largest absolute Gasteiger partial charge is 0.461 e. The highest BCUT2D eigenvalue weighted by Gasteiger charge is 2.26. The van der Waals surface area contributed by atoms with Gasteiger partial charge in [-0.05, 0) is 37.3 Å². The Labute approximate surface area is 191 Å². The lowest BCUT2D eigenvalue weighted by molar-refractivity contribution is 0.0516. The summed E-state index contributed by atoms with van der Waals surface area (Å²) in [6, 6.07) is 10.5. The Morgan fingerprint density at radius 1 is 1.16 bits per heavy atom. The van der Waals surface area contributed by atoms with Crippen molar-refractivity contribution in [3.05, 3.63) is 75.2 Å². The van der Waals surface area contributed by atoms with Crippen LogP contribution in [0.25, 0.3) is 28.3 Å². The van der Waals surface area contributed by atoms with Crippen LogP contribution in [0.5, 0.6) is 0 Å². The normalized spacial score (nSPS) is 11.0. The van der Waals surface area contributed by atoms with Gasteiger partial charge in [0.25, 0.3) is 0 Å². The summed E-state index contributed by atoms with van der Waals surface area (Å²) in [5.41, 5.74) is 1.02. The number of nitrogens with zero attached hydrogens (tertiary/aromatic N) is 3. The molecule has 4 aromatic rings. The molecule has 0 atom stereocenters. The van der Waals surface area contributed by atoms with Crippen LogP contribution in [0.15, 0.2) is 53.2 Å². The van der Waals surface area contributed by atoms with Gasteiger partial charge in [0, 0.05) is 11.1 Å². The smallest absolute Gasteiger partial charge is 0.357 e. The van der Waals surface area contributed by atoms with Gasteiger partial charge < -0.3 is 9.26 Å². The van der Waals surface area contributed by atoms with Crippen LogP contribution < -0.4 is 0 Å². The van der Waals surface area contributed by atoms with Crippen LogP contribution in [0, 0.1) is 5.82 Å². The summed E-state index contributed by atoms with van der Waals surface area (Å²) in [6.45, 7) is 1.82. The van der Waals surface area contributed by atoms with Gasteiger partial charge >= 0.3 is 5.97 Å². The molecule has 0 aliphatic carbocycles. The molecule has 0 bridgehead atoms. The number of ether oxygens (including phenoxy) is 1. The number of halogens is 4. The zero-order valence-corrected chi connectivity index (χ0v) is 18.2. The van der Waals surface area contributed by atoms with Crippen LogP contribution in [-0.2, 0) is 4.74 Å². The minimum absolute atomic E-state index is 0.0633. The second kappa shape index (κ2) is 8.70. The van der Waals surface area contributed by atoms with Crippen molar-refractivity contribution in [3.8, 4) is 28.3 Å². The van der Waals surface area contributed by atoms with Crippen LogP contribution in [0.1, 0.15) is 17.4 Å². The molecule has 158 valence electrons. The summed E-state index contributed by atoms with van der Waals surface area (Å²) < 4.78 is 26.2. The van der Waals surface area contributed by atoms with Gasteiger partial charge in [-0.15, -0.1) is 0 Å². The average Bonchev–Trinajstić information content (AvgIpc) is 3.35. The third kappa shape index (κ3) is 4.04. The quantitative estimate of drug-likeness (QED) is 0.306. The molecule has 2 aromatic carbocycles. The lowest BCUT2D eigenvalue weighted by atomic mass is 10.1. The zero-order chi connectivity index (χ0) is 22.1. The van der Waals surface area contributed by atoms with Crippen molar-refractivity contribution in [2.24, 2.45) is 0 Å². The maximum absolute atomic E-state index is 14.3. The molecule has 0 aliphatic heterocycles. The van der Waals surface area contributed by atoms with E-state index in [0.29, 0.717) is 10.7 Å². The number of hydrogen-bond donors (Lipinski definition) is 0. The van der Waals surface area contributed by atoms with Crippen molar-refractivity contribution in [1.82, 2.24) is 14.9 Å². The molecule has 0 fully saturated rings. The summed E-state index contributed by atoms with van der Waals surface area (Å²) in [5.74, 6) is -1.03. The first-order valence-electron chi connectivity index (χ1n) is 9.02. The Bertz CT molecular complexity index is 1270. The van der Waals surface area contributed by atoms with Crippen molar-refractivity contribution in [2.75, 3.05) is 6.61 Å². The van der Waals surface area contributed by atoms with Crippen LogP contribution in [0.2, 0.25) is 15.1 Å². The Morgan fingerprint density at radius 3 is 2.68 bits per heavy atom. The van der Waals surface area contributed by atoms with Crippen molar-refractivity contribution < 1.29 is 18.4 Å². The Hall–Kier alpha value is -2.87. The summed E-state index contributed by atoms with van der Waals surface area (Å²) in [4.78, 5) is 12.8. The lowest BCUT2D eigenvalue weighted by Crippen LogP contribution is -2.13. The molecule has 0 spiro atoms. The number of carbonyl (C=O) groups excluding carboxylic acids is 1. The van der Waals surface area contributed by atoms with Crippen LogP contribution in [0.3, 0.4) is 0 Å². The molecule has 2 heterocycles. The third-order valence-corrected chi connectivity index (χ3v) is 5.22. The standard InChI is InChI=1S/C21H13Cl3FN3O3/c1-2-30-21(29)20-12(10-26-28(20)17-7-6-11(22)8-14(17)24)18-9-16(27-31-18)19-13(23)4-3-5-15(19)25/h3-10H,2H2,1H3. The molecule has 0 aliphatic rings. The summed E-state index contributed by atoms with van der Waals surface area (Å²) in [5, 5.41) is 9.07. The number of benzene rings is 2. The molecule has 0 unspecified atom stereocenters. The summed E-state index contributed by atoms with van der Waals surface area (Å²) in [7, 11) is 0. The molecule has 10 heteroatoms. The fourth-order valence-electron chi connectivity index (χ4n) is 3.02. The second-order valence-electron chi connectivity index (χ2n) is 6.31. The minimum Gasteiger partial charge on any atom is -0.461 e. The van der Waals surface area contributed by atoms with E-state index < -0.39 is 11.8 Å². The van der Waals surface area contributed by atoms with E-state index in [1.54, 1.807) is 25.1 Å². The Balaban J connectivity index is 1.86. The highest BCUT2D eigenvalue weighted by atomic mass is 35.5. The van der Waals surface area contributed by atoms with Crippen molar-refractivity contribution in [3.63, 3.8) is 0 Å². The fourth-order valence-corrected chi connectivity index (χ4v) is 3.77. The Kier molecular flexibility index (Phi) is 6.00. The van der Waals surface area contributed by atoms with Crippen LogP contribution in [-0.4, -0.2) is 27.5 Å². The van der Waals surface area contributed by atoms with Gasteiger partial charge in [0.1, 0.15) is 11.5 Å². The maximum atomic E-state index is 14.3. The first-order valence-corrected chi connectivity index (χ1v) is 10.2. The average molecular weight is 481 g/mol. The molecule has 0 saturated carbocycles. The van der Waals surface area contributed by atoms with Gasteiger partial charge in [-0.25, -0.2) is 13.9 Å². The molecule has 31 heavy (non-hydrogen) atoms. The van der Waals surface area contributed by atoms with Gasteiger partial charge in [-0.2, -0.15) is 5.10 Å². The molecule has 0 saturated heterocycles. The fraction of sp³-hybridized carbons (Fsp3) is 0.0952. The van der Waals surface area contributed by atoms with Crippen LogP contribution in [0.4, 0.5) is 4.39 Å². The van der Waals surface area contributed by atoms with Crippen molar-refractivity contribution in [1.29, 1.82) is 0 Å². The highest BCUT2D eigenvalue weighted by molar-refractivity contribution is 6.35. The van der Waals surface area contributed by atoms with Crippen molar-refractivity contribution in [2.45, 2.75) is 6.92 Å². The first kappa shape index (κ1) is 21.4. The number of aromatic nitrogens is 3. The van der Waals surface area contributed by atoms with E-state index in [-0.39, 0.29) is 44.9 Å².